The van der Waals surface area contributed by atoms with Crippen molar-refractivity contribution in [3.63, 3.8) is 0 Å². The number of Topliss-reactive ketones (excluding diaryl/α,β-unsaturated/α-hetero) is 1. The molecule has 0 aliphatic rings. The zero-order chi connectivity index (χ0) is 12.6. The van der Waals surface area contributed by atoms with Crippen LogP contribution in [0, 0.1) is 0 Å². The van der Waals surface area contributed by atoms with Crippen LogP contribution in [0.15, 0.2) is 0 Å². The highest BCUT2D eigenvalue weighted by atomic mass is 16.5. The number of ether oxygens (including phenoxy) is 2. The van der Waals surface area contributed by atoms with E-state index in [2.05, 4.69) is 9.47 Å². The van der Waals surface area contributed by atoms with Crippen LogP contribution in [-0.2, 0) is 28.7 Å². The molecular formula is C10H14O6. The number of rotatable bonds is 7. The molecule has 1 unspecified atom stereocenters. The number of esters is 2. The summed E-state index contributed by atoms with van der Waals surface area (Å²) in [6.07, 6.45) is -0.844. The molecule has 0 saturated heterocycles. The van der Waals surface area contributed by atoms with Crippen LogP contribution in [0.2, 0.25) is 0 Å². The number of hydrogen-bond acceptors (Lipinski definition) is 6. The fourth-order valence-electron chi connectivity index (χ4n) is 0.966. The molecule has 0 saturated carbocycles. The van der Waals surface area contributed by atoms with Crippen molar-refractivity contribution >= 4 is 24.0 Å². The summed E-state index contributed by atoms with van der Waals surface area (Å²) >= 11 is 0. The van der Waals surface area contributed by atoms with Crippen LogP contribution in [0.25, 0.3) is 0 Å². The van der Waals surface area contributed by atoms with E-state index >= 15 is 0 Å². The second-order valence-corrected chi connectivity index (χ2v) is 3.12. The minimum Gasteiger partial charge on any atom is -0.465 e. The molecular weight excluding hydrogens is 216 g/mol. The smallest absolute Gasteiger partial charge is 0.303 e. The molecule has 0 radical (unpaired) electrons. The zero-order valence-corrected chi connectivity index (χ0v) is 9.23. The van der Waals surface area contributed by atoms with Gasteiger partial charge in [0.25, 0.3) is 0 Å². The molecule has 0 aliphatic carbocycles. The van der Waals surface area contributed by atoms with Crippen LogP contribution in [0.5, 0.6) is 0 Å². The molecule has 0 aromatic rings. The molecule has 90 valence electrons. The Balaban J connectivity index is 3.87. The fraction of sp³-hybridized carbons (Fsp3) is 0.600. The number of aldehydes is 1. The van der Waals surface area contributed by atoms with Crippen molar-refractivity contribution in [2.24, 2.45) is 0 Å². The first-order chi connectivity index (χ1) is 7.45. The summed E-state index contributed by atoms with van der Waals surface area (Å²) in [4.78, 5) is 42.6. The van der Waals surface area contributed by atoms with E-state index in [1.807, 2.05) is 0 Å². The van der Waals surface area contributed by atoms with Gasteiger partial charge in [-0.25, -0.2) is 0 Å². The number of ketones is 1. The van der Waals surface area contributed by atoms with Gasteiger partial charge in [0.1, 0.15) is 5.78 Å². The van der Waals surface area contributed by atoms with Crippen molar-refractivity contribution in [1.82, 2.24) is 0 Å². The van der Waals surface area contributed by atoms with Crippen LogP contribution in [-0.4, -0.2) is 36.7 Å². The van der Waals surface area contributed by atoms with Crippen LogP contribution in [0.3, 0.4) is 0 Å². The van der Waals surface area contributed by atoms with Gasteiger partial charge in [-0.2, -0.15) is 0 Å². The molecule has 0 aromatic heterocycles. The third-order valence-electron chi connectivity index (χ3n) is 1.58. The predicted octanol–water partition coefficient (Wildman–Crippen LogP) is 0.0294. The van der Waals surface area contributed by atoms with E-state index in [4.69, 9.17) is 0 Å². The summed E-state index contributed by atoms with van der Waals surface area (Å²) in [5.74, 6) is -1.40. The number of carbonyl (C=O) groups is 4. The topological polar surface area (TPSA) is 86.7 Å². The summed E-state index contributed by atoms with van der Waals surface area (Å²) in [6.45, 7) is 2.36. The lowest BCUT2D eigenvalue weighted by Gasteiger charge is -2.09. The summed E-state index contributed by atoms with van der Waals surface area (Å²) in [5.41, 5.74) is 0. The van der Waals surface area contributed by atoms with Gasteiger partial charge in [-0.15, -0.1) is 0 Å². The fourth-order valence-corrected chi connectivity index (χ4v) is 0.966. The van der Waals surface area contributed by atoms with Gasteiger partial charge in [-0.1, -0.05) is 0 Å². The molecule has 0 aromatic carbocycles. The highest BCUT2D eigenvalue weighted by Crippen LogP contribution is 2.00. The maximum Gasteiger partial charge on any atom is 0.303 e. The van der Waals surface area contributed by atoms with Gasteiger partial charge in [0.2, 0.25) is 0 Å². The molecule has 0 amide bonds. The van der Waals surface area contributed by atoms with Gasteiger partial charge in [0.05, 0.1) is 13.0 Å². The highest BCUT2D eigenvalue weighted by molar-refractivity contribution is 5.83. The van der Waals surface area contributed by atoms with Crippen molar-refractivity contribution in [3.05, 3.63) is 0 Å². The predicted molar refractivity (Wildman–Crippen MR) is 52.5 cm³/mol. The molecule has 0 bridgehead atoms. The molecule has 0 spiro atoms. The van der Waals surface area contributed by atoms with Gasteiger partial charge in [-0.3, -0.25) is 19.2 Å². The summed E-state index contributed by atoms with van der Waals surface area (Å²) < 4.78 is 9.11. The standard InChI is InChI=1S/C10H14O6/c1-7(12)15-4-3-9(14)5-10(6-11)16-8(2)13/h6,10H,3-5H2,1-2H3. The van der Waals surface area contributed by atoms with Gasteiger partial charge in [0, 0.05) is 20.3 Å². The van der Waals surface area contributed by atoms with E-state index in [9.17, 15) is 19.2 Å². The molecule has 0 heterocycles. The lowest BCUT2D eigenvalue weighted by Crippen LogP contribution is -2.22. The van der Waals surface area contributed by atoms with Gasteiger partial charge < -0.3 is 9.47 Å². The highest BCUT2D eigenvalue weighted by Gasteiger charge is 2.15. The van der Waals surface area contributed by atoms with E-state index in [-0.39, 0.29) is 25.2 Å². The lowest BCUT2D eigenvalue weighted by molar-refractivity contribution is -0.150. The van der Waals surface area contributed by atoms with Crippen LogP contribution < -0.4 is 0 Å². The van der Waals surface area contributed by atoms with Crippen molar-refractivity contribution in [2.75, 3.05) is 6.61 Å². The Bertz CT molecular complexity index is 283. The minimum atomic E-state index is -1.05. The molecule has 0 fully saturated rings. The van der Waals surface area contributed by atoms with Crippen LogP contribution >= 0.6 is 0 Å². The first kappa shape index (κ1) is 14.3. The Kier molecular flexibility index (Phi) is 6.74. The molecule has 0 aliphatic heterocycles. The monoisotopic (exact) mass is 230 g/mol. The summed E-state index contributed by atoms with van der Waals surface area (Å²) in [6, 6.07) is 0. The molecule has 1 atom stereocenters. The van der Waals surface area contributed by atoms with Crippen molar-refractivity contribution in [3.8, 4) is 0 Å². The second-order valence-electron chi connectivity index (χ2n) is 3.12. The summed E-state index contributed by atoms with van der Waals surface area (Å²) in [5, 5.41) is 0. The molecule has 0 rings (SSSR count). The maximum atomic E-state index is 11.2. The van der Waals surface area contributed by atoms with Gasteiger partial charge in [-0.05, 0) is 0 Å². The third kappa shape index (κ3) is 7.66. The number of carbonyl (C=O) groups excluding carboxylic acids is 4. The zero-order valence-electron chi connectivity index (χ0n) is 9.23. The average molecular weight is 230 g/mol. The van der Waals surface area contributed by atoms with Crippen molar-refractivity contribution < 1.29 is 28.7 Å². The number of hydrogen-bond donors (Lipinski definition) is 0. The van der Waals surface area contributed by atoms with E-state index in [1.54, 1.807) is 0 Å². The quantitative estimate of drug-likeness (QED) is 0.453. The molecule has 16 heavy (non-hydrogen) atoms. The minimum absolute atomic E-state index is 0.00514. The molecule has 0 N–H and O–H groups in total. The Labute approximate surface area is 92.9 Å². The van der Waals surface area contributed by atoms with Crippen molar-refractivity contribution in [1.29, 1.82) is 0 Å². The Morgan fingerprint density at radius 3 is 2.25 bits per heavy atom. The SMILES string of the molecule is CC(=O)OCCC(=O)CC(C=O)OC(C)=O. The first-order valence-electron chi connectivity index (χ1n) is 4.73. The third-order valence-corrected chi connectivity index (χ3v) is 1.58. The second kappa shape index (κ2) is 7.56. The molecule has 6 heteroatoms. The average Bonchev–Trinajstić information content (AvgIpc) is 2.15. The van der Waals surface area contributed by atoms with Gasteiger partial charge >= 0.3 is 11.9 Å². The Morgan fingerprint density at radius 1 is 1.19 bits per heavy atom. The first-order valence-corrected chi connectivity index (χ1v) is 4.73. The largest absolute Gasteiger partial charge is 0.465 e. The van der Waals surface area contributed by atoms with Crippen molar-refractivity contribution in [2.45, 2.75) is 32.8 Å². The van der Waals surface area contributed by atoms with Crippen LogP contribution in [0.4, 0.5) is 0 Å². The Morgan fingerprint density at radius 2 is 1.81 bits per heavy atom. The lowest BCUT2D eigenvalue weighted by atomic mass is 10.1. The summed E-state index contributed by atoms with van der Waals surface area (Å²) in [7, 11) is 0. The van der Waals surface area contributed by atoms with E-state index in [1.165, 1.54) is 6.92 Å². The van der Waals surface area contributed by atoms with E-state index in [0.717, 1.165) is 6.92 Å². The Hall–Kier alpha value is -1.72. The van der Waals surface area contributed by atoms with Crippen LogP contribution in [0.1, 0.15) is 26.7 Å². The maximum absolute atomic E-state index is 11.2. The molecule has 6 nitrogen and oxygen atoms in total. The normalized spacial score (nSPS) is 11.4. The van der Waals surface area contributed by atoms with E-state index < -0.39 is 18.0 Å². The van der Waals surface area contributed by atoms with Gasteiger partial charge in [0.15, 0.2) is 12.4 Å². The van der Waals surface area contributed by atoms with E-state index in [0.29, 0.717) is 6.29 Å².